The maximum atomic E-state index is 5.03. The Labute approximate surface area is 113 Å². The molecule has 6 nitrogen and oxygen atoms in total. The Morgan fingerprint density at radius 1 is 1.26 bits per heavy atom. The van der Waals surface area contributed by atoms with E-state index in [0.717, 1.165) is 22.3 Å². The number of rotatable bonds is 4. The summed E-state index contributed by atoms with van der Waals surface area (Å²) >= 11 is 1.52. The number of benzene rings is 1. The molecule has 19 heavy (non-hydrogen) atoms. The smallest absolute Gasteiger partial charge is 0.214 e. The topological polar surface area (TPSA) is 69.6 Å². The lowest BCUT2D eigenvalue weighted by atomic mass is 10.3. The molecule has 0 aliphatic rings. The average Bonchev–Trinajstić information content (AvgIpc) is 3.06. The highest BCUT2D eigenvalue weighted by Crippen LogP contribution is 2.21. The van der Waals surface area contributed by atoms with Crippen LogP contribution in [0.2, 0.25) is 0 Å². The van der Waals surface area contributed by atoms with Crippen LogP contribution in [-0.4, -0.2) is 25.4 Å². The van der Waals surface area contributed by atoms with Gasteiger partial charge in [0, 0.05) is 11.8 Å². The Balaban J connectivity index is 1.77. The van der Waals surface area contributed by atoms with E-state index in [2.05, 4.69) is 20.7 Å². The summed E-state index contributed by atoms with van der Waals surface area (Å²) in [4.78, 5) is 0. The minimum Gasteiger partial charge on any atom is -0.361 e. The van der Waals surface area contributed by atoms with Gasteiger partial charge in [-0.3, -0.25) is 0 Å². The zero-order chi connectivity index (χ0) is 13.1. The number of aromatic nitrogens is 5. The van der Waals surface area contributed by atoms with Crippen molar-refractivity contribution in [2.75, 3.05) is 0 Å². The van der Waals surface area contributed by atoms with Crippen LogP contribution in [0.1, 0.15) is 11.5 Å². The Hall–Kier alpha value is -2.15. The first kappa shape index (κ1) is 11.9. The van der Waals surface area contributed by atoms with E-state index in [1.165, 1.54) is 11.8 Å². The van der Waals surface area contributed by atoms with Gasteiger partial charge in [-0.1, -0.05) is 35.1 Å². The maximum Gasteiger partial charge on any atom is 0.214 e. The first-order valence-corrected chi connectivity index (χ1v) is 6.70. The highest BCUT2D eigenvalue weighted by atomic mass is 32.2. The fraction of sp³-hybridized carbons (Fsp3) is 0.167. The van der Waals surface area contributed by atoms with Gasteiger partial charge >= 0.3 is 0 Å². The Morgan fingerprint density at radius 3 is 2.84 bits per heavy atom. The lowest BCUT2D eigenvalue weighted by molar-refractivity contribution is 0.393. The quantitative estimate of drug-likeness (QED) is 0.679. The standard InChI is InChI=1S/C12H11N5OS/c1-9-7-10(14-18-9)8-19-12-13-15-16-17(12)11-5-3-2-4-6-11/h2-7H,8H2,1H3. The van der Waals surface area contributed by atoms with E-state index in [1.54, 1.807) is 4.68 Å². The number of hydrogen-bond donors (Lipinski definition) is 0. The molecule has 3 rings (SSSR count). The van der Waals surface area contributed by atoms with Crippen LogP contribution in [0.4, 0.5) is 0 Å². The van der Waals surface area contributed by atoms with Crippen LogP contribution >= 0.6 is 11.8 Å². The van der Waals surface area contributed by atoms with Gasteiger partial charge in [-0.2, -0.15) is 4.68 Å². The van der Waals surface area contributed by atoms with Gasteiger partial charge in [0.1, 0.15) is 5.76 Å². The third kappa shape index (κ3) is 2.65. The van der Waals surface area contributed by atoms with Crippen molar-refractivity contribution in [3.63, 3.8) is 0 Å². The molecule has 0 amide bonds. The summed E-state index contributed by atoms with van der Waals surface area (Å²) in [5, 5.41) is 16.4. The molecule has 2 aromatic heterocycles. The van der Waals surface area contributed by atoms with Crippen molar-refractivity contribution >= 4 is 11.8 Å². The minimum absolute atomic E-state index is 0.671. The summed E-state index contributed by atoms with van der Waals surface area (Å²) in [6, 6.07) is 11.7. The molecular formula is C12H11N5OS. The Morgan fingerprint density at radius 2 is 2.11 bits per heavy atom. The second-order valence-electron chi connectivity index (χ2n) is 3.93. The fourth-order valence-corrected chi connectivity index (χ4v) is 2.40. The normalized spacial score (nSPS) is 10.8. The molecule has 0 radical (unpaired) electrons. The molecular weight excluding hydrogens is 262 g/mol. The van der Waals surface area contributed by atoms with Crippen LogP contribution in [-0.2, 0) is 5.75 Å². The third-order valence-electron chi connectivity index (χ3n) is 2.47. The van der Waals surface area contributed by atoms with Gasteiger partial charge in [0.15, 0.2) is 0 Å². The van der Waals surface area contributed by atoms with Gasteiger partial charge < -0.3 is 4.52 Å². The third-order valence-corrected chi connectivity index (χ3v) is 3.42. The van der Waals surface area contributed by atoms with Crippen molar-refractivity contribution in [3.05, 3.63) is 47.9 Å². The van der Waals surface area contributed by atoms with Crippen LogP contribution in [0.15, 0.2) is 46.1 Å². The molecule has 0 aliphatic carbocycles. The van der Waals surface area contributed by atoms with Crippen molar-refractivity contribution in [3.8, 4) is 5.69 Å². The predicted molar refractivity (Wildman–Crippen MR) is 70.0 cm³/mol. The molecule has 1 aromatic carbocycles. The molecule has 96 valence electrons. The lowest BCUT2D eigenvalue weighted by Crippen LogP contribution is -1.98. The predicted octanol–water partition coefficient (Wildman–Crippen LogP) is 2.25. The molecule has 0 bridgehead atoms. The SMILES string of the molecule is Cc1cc(CSc2nnnn2-c2ccccc2)no1. The number of nitrogens with zero attached hydrogens (tertiary/aromatic N) is 5. The van der Waals surface area contributed by atoms with E-state index in [4.69, 9.17) is 4.52 Å². The van der Waals surface area contributed by atoms with Crippen molar-refractivity contribution in [2.45, 2.75) is 17.8 Å². The first-order chi connectivity index (χ1) is 9.33. The number of aryl methyl sites for hydroxylation is 1. The molecule has 2 heterocycles. The van der Waals surface area contributed by atoms with Gasteiger partial charge in [-0.05, 0) is 29.5 Å². The van der Waals surface area contributed by atoms with Gasteiger partial charge in [0.25, 0.3) is 0 Å². The van der Waals surface area contributed by atoms with E-state index in [1.807, 2.05) is 43.3 Å². The van der Waals surface area contributed by atoms with Crippen LogP contribution < -0.4 is 0 Å². The van der Waals surface area contributed by atoms with E-state index < -0.39 is 0 Å². The highest BCUT2D eigenvalue weighted by molar-refractivity contribution is 7.98. The molecule has 0 atom stereocenters. The van der Waals surface area contributed by atoms with Crippen molar-refractivity contribution < 1.29 is 4.52 Å². The second kappa shape index (κ2) is 5.23. The lowest BCUT2D eigenvalue weighted by Gasteiger charge is -2.02. The molecule has 0 N–H and O–H groups in total. The highest BCUT2D eigenvalue weighted by Gasteiger charge is 2.10. The summed E-state index contributed by atoms with van der Waals surface area (Å²) in [5.41, 5.74) is 1.82. The average molecular weight is 273 g/mol. The summed E-state index contributed by atoms with van der Waals surface area (Å²) in [6.45, 7) is 1.87. The van der Waals surface area contributed by atoms with Crippen molar-refractivity contribution in [1.29, 1.82) is 0 Å². The summed E-state index contributed by atoms with van der Waals surface area (Å²) < 4.78 is 6.73. The zero-order valence-corrected chi connectivity index (χ0v) is 11.0. The van der Waals surface area contributed by atoms with Crippen LogP contribution in [0.5, 0.6) is 0 Å². The summed E-state index contributed by atoms with van der Waals surface area (Å²) in [7, 11) is 0. The Bertz CT molecular complexity index is 664. The number of hydrogen-bond acceptors (Lipinski definition) is 6. The van der Waals surface area contributed by atoms with Gasteiger partial charge in [0.05, 0.1) is 11.4 Å². The second-order valence-corrected chi connectivity index (χ2v) is 4.87. The molecule has 3 aromatic rings. The molecule has 0 saturated carbocycles. The Kier molecular flexibility index (Phi) is 3.28. The van der Waals surface area contributed by atoms with E-state index in [9.17, 15) is 0 Å². The largest absolute Gasteiger partial charge is 0.361 e. The fourth-order valence-electron chi connectivity index (χ4n) is 1.62. The number of tetrazole rings is 1. The molecule has 7 heteroatoms. The molecule has 0 unspecified atom stereocenters. The first-order valence-electron chi connectivity index (χ1n) is 5.72. The van der Waals surface area contributed by atoms with Crippen LogP contribution in [0.3, 0.4) is 0 Å². The molecule has 0 saturated heterocycles. The van der Waals surface area contributed by atoms with Crippen molar-refractivity contribution in [1.82, 2.24) is 25.4 Å². The maximum absolute atomic E-state index is 5.03. The monoisotopic (exact) mass is 273 g/mol. The molecule has 0 aliphatic heterocycles. The van der Waals surface area contributed by atoms with Gasteiger partial charge in [0.2, 0.25) is 5.16 Å². The molecule has 0 fully saturated rings. The van der Waals surface area contributed by atoms with Gasteiger partial charge in [-0.25, -0.2) is 0 Å². The zero-order valence-electron chi connectivity index (χ0n) is 10.2. The van der Waals surface area contributed by atoms with E-state index in [0.29, 0.717) is 5.75 Å². The summed E-state index contributed by atoms with van der Waals surface area (Å²) in [6.07, 6.45) is 0. The summed E-state index contributed by atoms with van der Waals surface area (Å²) in [5.74, 6) is 1.48. The van der Waals surface area contributed by atoms with E-state index in [-0.39, 0.29) is 0 Å². The number of thioether (sulfide) groups is 1. The molecule has 0 spiro atoms. The van der Waals surface area contributed by atoms with Crippen LogP contribution in [0, 0.1) is 6.92 Å². The van der Waals surface area contributed by atoms with Crippen LogP contribution in [0.25, 0.3) is 5.69 Å². The van der Waals surface area contributed by atoms with E-state index >= 15 is 0 Å². The van der Waals surface area contributed by atoms with Crippen molar-refractivity contribution in [2.24, 2.45) is 0 Å². The van der Waals surface area contributed by atoms with Gasteiger partial charge in [-0.15, -0.1) is 5.10 Å². The number of para-hydroxylation sites is 1. The minimum atomic E-state index is 0.671.